The largest absolute Gasteiger partial charge is 0.337 e. The molecule has 0 aliphatic carbocycles. The molecule has 1 unspecified atom stereocenters. The second-order valence-electron chi connectivity index (χ2n) is 5.67. The molecule has 0 spiro atoms. The lowest BCUT2D eigenvalue weighted by Gasteiger charge is -2.25. The standard InChI is InChI=1S/C16H19ClN4O3/c1-10-16(21(23)24)12(3)20(18-10)9-15(22)19(4)11(2)13-5-7-14(17)8-6-13/h5-8,11H,9H2,1-4H3. The Bertz CT molecular complexity index is 770. The SMILES string of the molecule is Cc1nn(CC(=O)N(C)C(C)c2ccc(Cl)cc2)c(C)c1[N+](=O)[O-]. The predicted octanol–water partition coefficient (Wildman–Crippen LogP) is 3.28. The summed E-state index contributed by atoms with van der Waals surface area (Å²) in [6.45, 7) is 5.01. The van der Waals surface area contributed by atoms with Gasteiger partial charge >= 0.3 is 5.69 Å². The summed E-state index contributed by atoms with van der Waals surface area (Å²) in [5, 5.41) is 15.8. The quantitative estimate of drug-likeness (QED) is 0.612. The van der Waals surface area contributed by atoms with Crippen molar-refractivity contribution in [3.05, 3.63) is 56.4 Å². The van der Waals surface area contributed by atoms with Crippen molar-refractivity contribution < 1.29 is 9.72 Å². The highest BCUT2D eigenvalue weighted by molar-refractivity contribution is 6.30. The van der Waals surface area contributed by atoms with Crippen LogP contribution in [0.3, 0.4) is 0 Å². The van der Waals surface area contributed by atoms with E-state index < -0.39 is 4.92 Å². The first-order valence-electron chi connectivity index (χ1n) is 7.42. The fourth-order valence-corrected chi connectivity index (χ4v) is 2.65. The monoisotopic (exact) mass is 350 g/mol. The number of carbonyl (C=O) groups is 1. The molecule has 0 bridgehead atoms. The van der Waals surface area contributed by atoms with Crippen molar-refractivity contribution in [2.24, 2.45) is 0 Å². The molecule has 1 heterocycles. The number of rotatable bonds is 5. The second kappa shape index (κ2) is 7.00. The van der Waals surface area contributed by atoms with Crippen molar-refractivity contribution in [1.82, 2.24) is 14.7 Å². The van der Waals surface area contributed by atoms with E-state index in [1.54, 1.807) is 37.9 Å². The molecule has 8 heteroatoms. The fourth-order valence-electron chi connectivity index (χ4n) is 2.53. The molecule has 0 radical (unpaired) electrons. The topological polar surface area (TPSA) is 81.3 Å². The summed E-state index contributed by atoms with van der Waals surface area (Å²) in [5.74, 6) is -0.182. The number of nitro groups is 1. The van der Waals surface area contributed by atoms with Crippen molar-refractivity contribution in [3.8, 4) is 0 Å². The molecule has 1 atom stereocenters. The molecule has 0 saturated carbocycles. The van der Waals surface area contributed by atoms with E-state index in [2.05, 4.69) is 5.10 Å². The van der Waals surface area contributed by atoms with Crippen LogP contribution in [0.1, 0.15) is 29.9 Å². The fraction of sp³-hybridized carbons (Fsp3) is 0.375. The van der Waals surface area contributed by atoms with Gasteiger partial charge in [-0.25, -0.2) is 0 Å². The van der Waals surface area contributed by atoms with Crippen LogP contribution in [0.15, 0.2) is 24.3 Å². The van der Waals surface area contributed by atoms with E-state index >= 15 is 0 Å². The highest BCUT2D eigenvalue weighted by Gasteiger charge is 2.24. The Morgan fingerprint density at radius 1 is 1.38 bits per heavy atom. The number of likely N-dealkylation sites (N-methyl/N-ethyl adjacent to an activating group) is 1. The van der Waals surface area contributed by atoms with Gasteiger partial charge in [-0.05, 0) is 38.5 Å². The summed E-state index contributed by atoms with van der Waals surface area (Å²) in [6.07, 6.45) is 0. The maximum absolute atomic E-state index is 12.5. The van der Waals surface area contributed by atoms with Crippen LogP contribution < -0.4 is 0 Å². The van der Waals surface area contributed by atoms with Crippen LogP contribution in [0.4, 0.5) is 5.69 Å². The van der Waals surface area contributed by atoms with Crippen LogP contribution in [-0.2, 0) is 11.3 Å². The number of aryl methyl sites for hydroxylation is 1. The van der Waals surface area contributed by atoms with Gasteiger partial charge in [0, 0.05) is 12.1 Å². The van der Waals surface area contributed by atoms with Gasteiger partial charge in [-0.3, -0.25) is 19.6 Å². The minimum absolute atomic E-state index is 0.0452. The van der Waals surface area contributed by atoms with Gasteiger partial charge in [0.2, 0.25) is 5.91 Å². The second-order valence-corrected chi connectivity index (χ2v) is 6.10. The van der Waals surface area contributed by atoms with E-state index in [0.29, 0.717) is 16.4 Å². The Hall–Kier alpha value is -2.41. The van der Waals surface area contributed by atoms with Gasteiger partial charge in [0.15, 0.2) is 0 Å². The summed E-state index contributed by atoms with van der Waals surface area (Å²) >= 11 is 5.88. The molecule has 24 heavy (non-hydrogen) atoms. The van der Waals surface area contributed by atoms with Crippen LogP contribution in [0, 0.1) is 24.0 Å². The number of amides is 1. The van der Waals surface area contributed by atoms with E-state index in [0.717, 1.165) is 5.56 Å². The lowest BCUT2D eigenvalue weighted by molar-refractivity contribution is -0.386. The zero-order chi connectivity index (χ0) is 18.0. The molecule has 2 aromatic rings. The number of benzene rings is 1. The molecular weight excluding hydrogens is 332 g/mol. The molecule has 0 aliphatic rings. The molecule has 1 aromatic carbocycles. The Morgan fingerprint density at radius 3 is 2.46 bits per heavy atom. The van der Waals surface area contributed by atoms with E-state index in [4.69, 9.17) is 11.6 Å². The first-order chi connectivity index (χ1) is 11.2. The van der Waals surface area contributed by atoms with Gasteiger partial charge in [-0.2, -0.15) is 5.10 Å². The van der Waals surface area contributed by atoms with Crippen LogP contribution in [0.25, 0.3) is 0 Å². The number of hydrogen-bond donors (Lipinski definition) is 0. The van der Waals surface area contributed by atoms with Gasteiger partial charge in [0.05, 0.1) is 11.0 Å². The third-order valence-corrected chi connectivity index (χ3v) is 4.39. The van der Waals surface area contributed by atoms with E-state index in [-0.39, 0.29) is 24.2 Å². The van der Waals surface area contributed by atoms with Gasteiger partial charge in [-0.1, -0.05) is 23.7 Å². The Morgan fingerprint density at radius 2 is 1.96 bits per heavy atom. The predicted molar refractivity (Wildman–Crippen MR) is 91.0 cm³/mol. The smallest absolute Gasteiger partial charge is 0.312 e. The molecule has 128 valence electrons. The lowest BCUT2D eigenvalue weighted by atomic mass is 10.1. The zero-order valence-electron chi connectivity index (χ0n) is 14.0. The molecule has 2 rings (SSSR count). The van der Waals surface area contributed by atoms with Gasteiger partial charge in [0.25, 0.3) is 0 Å². The minimum Gasteiger partial charge on any atom is -0.337 e. The summed E-state index contributed by atoms with van der Waals surface area (Å²) in [7, 11) is 1.70. The molecule has 0 aliphatic heterocycles. The average Bonchev–Trinajstić information content (AvgIpc) is 2.80. The van der Waals surface area contributed by atoms with Crippen molar-refractivity contribution in [3.63, 3.8) is 0 Å². The maximum Gasteiger partial charge on any atom is 0.312 e. The molecule has 0 saturated heterocycles. The zero-order valence-corrected chi connectivity index (χ0v) is 14.7. The maximum atomic E-state index is 12.5. The minimum atomic E-state index is -0.474. The first-order valence-corrected chi connectivity index (χ1v) is 7.79. The third kappa shape index (κ3) is 3.56. The van der Waals surface area contributed by atoms with E-state index in [1.807, 2.05) is 19.1 Å². The molecule has 1 aromatic heterocycles. The number of aromatic nitrogens is 2. The van der Waals surface area contributed by atoms with Gasteiger partial charge in [0.1, 0.15) is 17.9 Å². The Balaban J connectivity index is 2.16. The summed E-state index contributed by atoms with van der Waals surface area (Å²) < 4.78 is 1.38. The summed E-state index contributed by atoms with van der Waals surface area (Å²) in [4.78, 5) is 24.7. The van der Waals surface area contributed by atoms with Crippen LogP contribution in [0.2, 0.25) is 5.02 Å². The Kier molecular flexibility index (Phi) is 5.23. The molecule has 0 fully saturated rings. The number of carbonyl (C=O) groups excluding carboxylic acids is 1. The highest BCUT2D eigenvalue weighted by Crippen LogP contribution is 2.23. The molecular formula is C16H19ClN4O3. The molecule has 7 nitrogen and oxygen atoms in total. The van der Waals surface area contributed by atoms with Crippen molar-refractivity contribution in [2.45, 2.75) is 33.4 Å². The van der Waals surface area contributed by atoms with Gasteiger partial charge < -0.3 is 4.90 Å². The number of hydrogen-bond acceptors (Lipinski definition) is 4. The van der Waals surface area contributed by atoms with Crippen LogP contribution in [-0.4, -0.2) is 32.6 Å². The van der Waals surface area contributed by atoms with E-state index in [1.165, 1.54) is 4.68 Å². The van der Waals surface area contributed by atoms with E-state index in [9.17, 15) is 14.9 Å². The normalized spacial score (nSPS) is 12.0. The van der Waals surface area contributed by atoms with Crippen LogP contribution in [0.5, 0.6) is 0 Å². The van der Waals surface area contributed by atoms with Crippen molar-refractivity contribution >= 4 is 23.2 Å². The van der Waals surface area contributed by atoms with Crippen molar-refractivity contribution in [1.29, 1.82) is 0 Å². The van der Waals surface area contributed by atoms with Crippen LogP contribution >= 0.6 is 11.6 Å². The highest BCUT2D eigenvalue weighted by atomic mass is 35.5. The number of nitrogens with zero attached hydrogens (tertiary/aromatic N) is 4. The first kappa shape index (κ1) is 17.9. The third-order valence-electron chi connectivity index (χ3n) is 4.14. The van der Waals surface area contributed by atoms with Gasteiger partial charge in [-0.15, -0.1) is 0 Å². The van der Waals surface area contributed by atoms with Crippen molar-refractivity contribution in [2.75, 3.05) is 7.05 Å². The average molecular weight is 351 g/mol. The molecule has 1 amide bonds. The summed E-state index contributed by atoms with van der Waals surface area (Å²) in [6, 6.07) is 7.13. The Labute approximate surface area is 145 Å². The lowest BCUT2D eigenvalue weighted by Crippen LogP contribution is -2.33. The molecule has 0 N–H and O–H groups in total. The number of halogens is 1. The summed E-state index contributed by atoms with van der Waals surface area (Å²) in [5.41, 5.74) is 1.59.